The molecule has 29 aromatic carbocycles. The minimum atomic E-state index is -0.363. The quantitative estimate of drug-likeness (QED) is 0.158. The third-order valence-electron chi connectivity index (χ3n) is 24.7. The molecule has 0 atom stereocenters. The van der Waals surface area contributed by atoms with Gasteiger partial charge in [0, 0.05) is 5.92 Å². The van der Waals surface area contributed by atoms with Crippen molar-refractivity contribution in [2.45, 2.75) is 11.3 Å². The third-order valence-corrected chi connectivity index (χ3v) is 24.7. The summed E-state index contributed by atoms with van der Waals surface area (Å²) in [5.74, 6) is 1.17. The summed E-state index contributed by atoms with van der Waals surface area (Å²) in [7, 11) is 1.85. The Kier molecular flexibility index (Phi) is 2.05. The molecule has 0 radical (unpaired) electrons. The molecule has 0 spiro atoms. The van der Waals surface area contributed by atoms with Gasteiger partial charge in [-0.3, -0.25) is 0 Å². The van der Waals surface area contributed by atoms with Gasteiger partial charge in [0.2, 0.25) is 0 Å². The topological polar surface area (TPSA) is 9.23 Å². The zero-order valence-electron chi connectivity index (χ0n) is 34.8. The molecule has 0 unspecified atom stereocenters. The second-order valence-electron chi connectivity index (χ2n) is 24.8. The zero-order chi connectivity index (χ0) is 40.3. The van der Waals surface area contributed by atoms with Gasteiger partial charge in [-0.25, -0.2) is 0 Å². The van der Waals surface area contributed by atoms with Crippen LogP contribution in [0.1, 0.15) is 33.7 Å². The first-order chi connectivity index (χ1) is 33.9. The largest absolute Gasteiger partial charge is 0.497 e. The van der Waals surface area contributed by atoms with Crippen LogP contribution in [0.2, 0.25) is 0 Å². The molecule has 4 aliphatic rings. The molecule has 1 nitrogen and oxygen atoms in total. The molecule has 0 aromatic heterocycles. The molecule has 0 saturated carbocycles. The number of benzene rings is 19. The Morgan fingerprint density at radius 3 is 0.632 bits per heavy atom. The molecule has 1 heteroatoms. The maximum Gasteiger partial charge on any atom is 0.118 e. The van der Waals surface area contributed by atoms with Gasteiger partial charge in [0.1, 0.15) is 5.75 Å². The molecule has 282 valence electrons. The maximum absolute atomic E-state index is 6.05. The summed E-state index contributed by atoms with van der Waals surface area (Å²) in [6, 6.07) is 9.73. The first-order valence-electron chi connectivity index (χ1n) is 25.3. The predicted molar refractivity (Wildman–Crippen MR) is 287 cm³/mol. The lowest BCUT2D eigenvalue weighted by molar-refractivity contribution is 0.414. The second kappa shape index (κ2) is 5.62. The van der Waals surface area contributed by atoms with Crippen molar-refractivity contribution in [3.05, 3.63) is 52.1 Å². The predicted octanol–water partition coefficient (Wildman–Crippen LogP) is 18.2. The summed E-state index contributed by atoms with van der Waals surface area (Å²) in [6.07, 6.45) is 0. The number of methoxy groups -OCH3 is 1. The minimum Gasteiger partial charge on any atom is -0.497 e. The molecule has 33 rings (SSSR count). The lowest BCUT2D eigenvalue weighted by atomic mass is 9.55. The average Bonchev–Trinajstić information content (AvgIpc) is 4.24. The Labute approximate surface area is 369 Å². The maximum atomic E-state index is 6.05. The lowest BCUT2D eigenvalue weighted by Crippen LogP contribution is -2.38. The lowest BCUT2D eigenvalue weighted by Gasteiger charge is -2.46. The van der Waals surface area contributed by atoms with Gasteiger partial charge >= 0.3 is 0 Å². The summed E-state index contributed by atoms with van der Waals surface area (Å²) in [5, 5.41) is 89.3. The molecule has 68 heavy (non-hydrogen) atoms. The van der Waals surface area contributed by atoms with Gasteiger partial charge in [-0.05, 0) is 331 Å². The molecule has 0 aliphatic heterocycles. The Morgan fingerprint density at radius 2 is 0.412 bits per heavy atom. The molecule has 0 bridgehead atoms. The summed E-state index contributed by atoms with van der Waals surface area (Å²) >= 11 is 0. The van der Waals surface area contributed by atoms with Gasteiger partial charge in [0.05, 0.1) is 12.5 Å². The van der Waals surface area contributed by atoms with Crippen molar-refractivity contribution in [3.63, 3.8) is 0 Å². The molecule has 0 fully saturated rings. The van der Waals surface area contributed by atoms with Crippen LogP contribution in [0.5, 0.6) is 5.75 Å². The van der Waals surface area contributed by atoms with Crippen LogP contribution < -0.4 is 4.74 Å². The van der Waals surface area contributed by atoms with Crippen molar-refractivity contribution in [1.29, 1.82) is 0 Å². The summed E-state index contributed by atoms with van der Waals surface area (Å²) in [5.41, 5.74) is 7.95. The smallest absolute Gasteiger partial charge is 0.118 e. The van der Waals surface area contributed by atoms with E-state index in [1.54, 1.807) is 313 Å². The van der Waals surface area contributed by atoms with Gasteiger partial charge in [-0.2, -0.15) is 0 Å². The summed E-state index contributed by atoms with van der Waals surface area (Å²) in [6.45, 7) is 0. The summed E-state index contributed by atoms with van der Waals surface area (Å²) < 4.78 is 6.05. The summed E-state index contributed by atoms with van der Waals surface area (Å²) in [4.78, 5) is 0. The molecule has 4 aliphatic carbocycles. The third kappa shape index (κ3) is 1.30. The fourth-order valence-electron chi connectivity index (χ4n) is 24.5. The van der Waals surface area contributed by atoms with Crippen LogP contribution in [-0.2, 0) is 5.41 Å². The number of rotatable bonds is 2. The Morgan fingerprint density at radius 1 is 0.235 bits per heavy atom. The van der Waals surface area contributed by atoms with Gasteiger partial charge in [0.25, 0.3) is 0 Å². The number of ether oxygens (including phenoxy) is 1. The van der Waals surface area contributed by atoms with Crippen molar-refractivity contribution in [3.8, 4) is 5.75 Å². The van der Waals surface area contributed by atoms with E-state index in [0.29, 0.717) is 0 Å². The van der Waals surface area contributed by atoms with E-state index >= 15 is 0 Å². The first-order valence-corrected chi connectivity index (χ1v) is 25.3. The van der Waals surface area contributed by atoms with E-state index in [0.717, 1.165) is 5.75 Å². The van der Waals surface area contributed by atoms with Gasteiger partial charge in [0.15, 0.2) is 0 Å². The Bertz CT molecular complexity index is 7040. The van der Waals surface area contributed by atoms with Crippen molar-refractivity contribution in [2.75, 3.05) is 7.11 Å². The minimum absolute atomic E-state index is 0.210. The van der Waals surface area contributed by atoms with Gasteiger partial charge in [-0.15, -0.1) is 0 Å². The molecular weight excluding hydrogens is 821 g/mol. The van der Waals surface area contributed by atoms with Crippen LogP contribution in [0.15, 0.2) is 24.3 Å². The van der Waals surface area contributed by atoms with Crippen LogP contribution in [0.25, 0.3) is 291 Å². The standard InChI is InChI=1S/C67H8O/c1-68-7-4-2-6(3-5-7)67-64-60-54-40-32-24-12-9-8-10-13(12)25-27-23-17(10)19-15-11(8)14-18-16(9)22-26(24)38(40)46-44-30(22)28(18)36-34-20(14)21(15)35-37-29(19)31(23)45-47-39(27)41(33(25)32)55(54)61(64)57(47)59-51(45)49(37)53-43(35)42(34)52-48(36)50(44)58(56(46)60)65(67)62(52)63(53)66(59)67/h2-5,64H,1H3. The Balaban J connectivity index is 1.21. The molecule has 0 N–H and O–H groups in total. The molecule has 0 amide bonds. The molecule has 0 saturated heterocycles. The van der Waals surface area contributed by atoms with Crippen LogP contribution in [0, 0.1) is 0 Å². The Hall–Kier alpha value is -8.52. The van der Waals surface area contributed by atoms with Crippen LogP contribution in [0.4, 0.5) is 0 Å². The molecule has 29 aromatic rings. The second-order valence-corrected chi connectivity index (χ2v) is 24.8. The van der Waals surface area contributed by atoms with Crippen molar-refractivity contribution in [2.24, 2.45) is 0 Å². The number of hydrogen-bond acceptors (Lipinski definition) is 1. The van der Waals surface area contributed by atoms with E-state index in [2.05, 4.69) is 24.3 Å². The first kappa shape index (κ1) is 24.8. The monoisotopic (exact) mass is 828 g/mol. The van der Waals surface area contributed by atoms with E-state index < -0.39 is 0 Å². The fourth-order valence-corrected chi connectivity index (χ4v) is 24.5. The molecule has 0 heterocycles. The van der Waals surface area contributed by atoms with Crippen LogP contribution in [-0.4, -0.2) is 7.11 Å². The van der Waals surface area contributed by atoms with Crippen molar-refractivity contribution >= 4 is 291 Å². The average molecular weight is 829 g/mol. The van der Waals surface area contributed by atoms with E-state index in [4.69, 9.17) is 4.74 Å². The highest BCUT2D eigenvalue weighted by molar-refractivity contribution is 6.82. The van der Waals surface area contributed by atoms with Gasteiger partial charge < -0.3 is 4.74 Å². The van der Waals surface area contributed by atoms with E-state index in [9.17, 15) is 0 Å². The van der Waals surface area contributed by atoms with E-state index in [1.807, 2.05) is 7.11 Å². The van der Waals surface area contributed by atoms with Crippen molar-refractivity contribution < 1.29 is 4.74 Å². The highest BCUT2D eigenvalue weighted by atomic mass is 16.5. The van der Waals surface area contributed by atoms with Crippen molar-refractivity contribution in [1.82, 2.24) is 0 Å². The van der Waals surface area contributed by atoms with E-state index in [1.165, 1.54) is 5.56 Å². The highest BCUT2D eigenvalue weighted by Crippen LogP contribution is 2.84. The van der Waals surface area contributed by atoms with E-state index in [-0.39, 0.29) is 11.3 Å². The number of hydrogen-bond donors (Lipinski definition) is 0. The van der Waals surface area contributed by atoms with Gasteiger partial charge in [-0.1, -0.05) is 12.1 Å². The highest BCUT2D eigenvalue weighted by Gasteiger charge is 2.63. The molecular formula is C67H8O. The van der Waals surface area contributed by atoms with Crippen LogP contribution >= 0.6 is 0 Å². The zero-order valence-corrected chi connectivity index (χ0v) is 34.8. The van der Waals surface area contributed by atoms with Crippen LogP contribution in [0.3, 0.4) is 0 Å². The normalized spacial score (nSPS) is 20.9. The SMILES string of the molecule is COc1ccc(C23c4c5c6c7c8c9c(c%10c%11c2c2c4c4c%12c5c5c6c6c8c8c%13c9c9c%10c%10c%11c%11c2c2c4c4c%12c%12c5c5c6c8c6c8c%13c9c9c%10c%10c%11c2c2c4c4c%12c5c6c5c8c9c%10c2c45)C73)cc1. The fraction of sp³-hybridized carbons (Fsp3) is 0.0448.